The van der Waals surface area contributed by atoms with Gasteiger partial charge in [0.25, 0.3) is 0 Å². The molecular formula is C75H146O17P2. The van der Waals surface area contributed by atoms with Crippen molar-refractivity contribution in [2.45, 2.75) is 407 Å². The predicted octanol–water partition coefficient (Wildman–Crippen LogP) is 21.9. The van der Waals surface area contributed by atoms with Crippen molar-refractivity contribution in [2.75, 3.05) is 39.6 Å². The van der Waals surface area contributed by atoms with E-state index in [0.717, 1.165) is 108 Å². The van der Waals surface area contributed by atoms with Gasteiger partial charge >= 0.3 is 39.5 Å². The summed E-state index contributed by atoms with van der Waals surface area (Å²) in [4.78, 5) is 72.7. The van der Waals surface area contributed by atoms with Gasteiger partial charge in [-0.25, -0.2) is 9.13 Å². The van der Waals surface area contributed by atoms with Gasteiger partial charge in [0.15, 0.2) is 12.2 Å². The van der Waals surface area contributed by atoms with E-state index in [1.54, 1.807) is 0 Å². The molecule has 0 aliphatic heterocycles. The highest BCUT2D eigenvalue weighted by molar-refractivity contribution is 7.47. The number of unbranched alkanes of at least 4 members (excludes halogenated alkanes) is 44. The van der Waals surface area contributed by atoms with Crippen LogP contribution in [-0.4, -0.2) is 96.7 Å². The Morgan fingerprint density at radius 1 is 0.287 bits per heavy atom. The number of esters is 4. The predicted molar refractivity (Wildman–Crippen MR) is 381 cm³/mol. The Hall–Kier alpha value is -1.94. The number of carbonyl (C=O) groups is 4. The van der Waals surface area contributed by atoms with E-state index < -0.39 is 97.5 Å². The molecule has 0 aliphatic rings. The number of aliphatic hydroxyl groups is 1. The van der Waals surface area contributed by atoms with Gasteiger partial charge in [-0.2, -0.15) is 0 Å². The zero-order chi connectivity index (χ0) is 69.3. The van der Waals surface area contributed by atoms with Crippen molar-refractivity contribution in [1.29, 1.82) is 0 Å². The molecule has 5 atom stereocenters. The van der Waals surface area contributed by atoms with E-state index in [2.05, 4.69) is 41.5 Å². The van der Waals surface area contributed by atoms with Gasteiger partial charge in [-0.15, -0.1) is 0 Å². The molecule has 0 saturated heterocycles. The van der Waals surface area contributed by atoms with Crippen LogP contribution in [0.15, 0.2) is 0 Å². The average Bonchev–Trinajstić information content (AvgIpc) is 2.92. The van der Waals surface area contributed by atoms with Gasteiger partial charge in [0.1, 0.15) is 19.3 Å². The van der Waals surface area contributed by atoms with E-state index in [1.165, 1.54) is 199 Å². The molecule has 0 aromatic heterocycles. The fraction of sp³-hybridized carbons (Fsp3) is 0.947. The Labute approximate surface area is 575 Å². The van der Waals surface area contributed by atoms with Crippen molar-refractivity contribution in [3.05, 3.63) is 0 Å². The lowest BCUT2D eigenvalue weighted by Crippen LogP contribution is -2.30. The fourth-order valence-corrected chi connectivity index (χ4v) is 13.1. The Morgan fingerprint density at radius 2 is 0.489 bits per heavy atom. The molecule has 0 rings (SSSR count). The summed E-state index contributed by atoms with van der Waals surface area (Å²) in [5.74, 6) is -0.571. The largest absolute Gasteiger partial charge is 0.472 e. The first-order valence-corrected chi connectivity index (χ1v) is 42.0. The van der Waals surface area contributed by atoms with E-state index in [-0.39, 0.29) is 25.7 Å². The van der Waals surface area contributed by atoms with Crippen LogP contribution in [0.3, 0.4) is 0 Å². The molecule has 17 nitrogen and oxygen atoms in total. The molecule has 0 fully saturated rings. The first-order chi connectivity index (χ1) is 45.4. The maximum Gasteiger partial charge on any atom is 0.472 e. The summed E-state index contributed by atoms with van der Waals surface area (Å²) in [6, 6.07) is 0. The number of aliphatic hydroxyl groups excluding tert-OH is 1. The van der Waals surface area contributed by atoms with E-state index in [0.29, 0.717) is 25.7 Å². The van der Waals surface area contributed by atoms with Crippen LogP contribution < -0.4 is 0 Å². The van der Waals surface area contributed by atoms with Gasteiger partial charge < -0.3 is 33.8 Å². The number of ether oxygens (including phenoxy) is 4. The molecule has 0 saturated carbocycles. The molecule has 3 N–H and O–H groups in total. The summed E-state index contributed by atoms with van der Waals surface area (Å²) in [6.45, 7) is 9.58. The molecule has 2 unspecified atom stereocenters. The van der Waals surface area contributed by atoms with Gasteiger partial charge in [0.2, 0.25) is 0 Å². The van der Waals surface area contributed by atoms with Crippen molar-refractivity contribution < 1.29 is 80.2 Å². The third kappa shape index (κ3) is 68.6. The van der Waals surface area contributed by atoms with E-state index in [1.807, 2.05) is 0 Å². The number of hydrogen-bond donors (Lipinski definition) is 3. The maximum atomic E-state index is 13.1. The summed E-state index contributed by atoms with van der Waals surface area (Å²) in [5.41, 5.74) is 0. The summed E-state index contributed by atoms with van der Waals surface area (Å²) in [7, 11) is -9.91. The van der Waals surface area contributed by atoms with Gasteiger partial charge in [0.05, 0.1) is 26.4 Å². The normalized spacial score (nSPS) is 14.0. The quantitative estimate of drug-likeness (QED) is 0.0222. The lowest BCUT2D eigenvalue weighted by Gasteiger charge is -2.21. The van der Waals surface area contributed by atoms with Crippen molar-refractivity contribution in [3.63, 3.8) is 0 Å². The Morgan fingerprint density at radius 3 is 0.723 bits per heavy atom. The minimum absolute atomic E-state index is 0.106. The molecule has 0 aromatic rings. The summed E-state index contributed by atoms with van der Waals surface area (Å²) >= 11 is 0. The second-order valence-electron chi connectivity index (χ2n) is 28.0. The first kappa shape index (κ1) is 92.1. The molecule has 0 spiro atoms. The zero-order valence-electron chi connectivity index (χ0n) is 61.3. The minimum atomic E-state index is -4.96. The van der Waals surface area contributed by atoms with Crippen LogP contribution in [0.4, 0.5) is 0 Å². The molecule has 0 aliphatic carbocycles. The number of rotatable bonds is 74. The van der Waals surface area contributed by atoms with E-state index in [4.69, 9.17) is 37.0 Å². The van der Waals surface area contributed by atoms with Crippen molar-refractivity contribution in [2.24, 2.45) is 11.8 Å². The molecule has 19 heteroatoms. The van der Waals surface area contributed by atoms with E-state index in [9.17, 15) is 43.2 Å². The molecule has 0 bridgehead atoms. The van der Waals surface area contributed by atoms with Crippen LogP contribution in [0.2, 0.25) is 0 Å². The smallest absolute Gasteiger partial charge is 0.462 e. The Kier molecular flexibility index (Phi) is 65.5. The summed E-state index contributed by atoms with van der Waals surface area (Å²) in [6.07, 6.45) is 54.1. The second-order valence-corrected chi connectivity index (χ2v) is 30.9. The third-order valence-electron chi connectivity index (χ3n) is 17.5. The van der Waals surface area contributed by atoms with E-state index >= 15 is 0 Å². The highest BCUT2D eigenvalue weighted by Crippen LogP contribution is 2.45. The maximum absolute atomic E-state index is 13.1. The standard InChI is InChI=1S/C75H146O17P2/c1-7-9-11-13-15-17-18-19-20-21-22-23-30-35-41-47-53-59-74(79)92-71(64-86-73(78)58-52-46-40-34-29-25-24-27-32-37-43-49-55-67(3)4)66-90-94(83,84)88-62-69(76)61-87-93(81,82)89-65-70(63-85-72(77)57-51-45-39-16-14-12-10-8-2)91-75(80)60-54-48-42-36-31-26-28-33-38-44-50-56-68(5)6/h67-71,76H,7-66H2,1-6H3,(H,81,82)(H,83,84)/t69-,70+,71+/m0/s1. The average molecular weight is 1380 g/mol. The van der Waals surface area contributed by atoms with Crippen molar-refractivity contribution in [1.82, 2.24) is 0 Å². The Balaban J connectivity index is 5.22. The van der Waals surface area contributed by atoms with Gasteiger partial charge in [-0.05, 0) is 37.5 Å². The molecule has 0 aromatic carbocycles. The molecular weight excluding hydrogens is 1230 g/mol. The zero-order valence-corrected chi connectivity index (χ0v) is 63.1. The summed E-state index contributed by atoms with van der Waals surface area (Å²) < 4.78 is 68.4. The summed E-state index contributed by atoms with van der Waals surface area (Å²) in [5, 5.41) is 10.6. The first-order valence-electron chi connectivity index (χ1n) is 39.0. The monoisotopic (exact) mass is 1380 g/mol. The third-order valence-corrected chi connectivity index (χ3v) is 19.4. The van der Waals surface area contributed by atoms with Gasteiger partial charge in [-0.1, -0.05) is 337 Å². The fourth-order valence-electron chi connectivity index (χ4n) is 11.5. The van der Waals surface area contributed by atoms with Crippen LogP contribution in [0.5, 0.6) is 0 Å². The lowest BCUT2D eigenvalue weighted by molar-refractivity contribution is -0.161. The van der Waals surface area contributed by atoms with Crippen LogP contribution >= 0.6 is 15.6 Å². The molecule has 0 radical (unpaired) electrons. The Bertz CT molecular complexity index is 1820. The SMILES string of the molecule is CCCCCCCCCCCCCCCCCCCC(=O)O[C@H](COC(=O)CCCCCCCCCCCCCCC(C)C)COP(=O)(O)OC[C@@H](O)COP(=O)(O)OC[C@@H](COC(=O)CCCCCCCCCC)OC(=O)CCCCCCCCCCCCCC(C)C. The minimum Gasteiger partial charge on any atom is -0.462 e. The molecule has 0 amide bonds. The van der Waals surface area contributed by atoms with Gasteiger partial charge in [-0.3, -0.25) is 37.3 Å². The molecule has 0 heterocycles. The highest BCUT2D eigenvalue weighted by atomic mass is 31.2. The van der Waals surface area contributed by atoms with Crippen LogP contribution in [-0.2, 0) is 65.4 Å². The number of carbonyl (C=O) groups excluding carboxylic acids is 4. The molecule has 558 valence electrons. The lowest BCUT2D eigenvalue weighted by atomic mass is 10.0. The second kappa shape index (κ2) is 66.9. The highest BCUT2D eigenvalue weighted by Gasteiger charge is 2.30. The number of phosphoric ester groups is 2. The molecule has 94 heavy (non-hydrogen) atoms. The van der Waals surface area contributed by atoms with Crippen molar-refractivity contribution >= 4 is 39.5 Å². The van der Waals surface area contributed by atoms with Gasteiger partial charge in [0, 0.05) is 25.7 Å². The van der Waals surface area contributed by atoms with Crippen LogP contribution in [0, 0.1) is 11.8 Å². The van der Waals surface area contributed by atoms with Crippen LogP contribution in [0.1, 0.15) is 388 Å². The van der Waals surface area contributed by atoms with Crippen LogP contribution in [0.25, 0.3) is 0 Å². The number of hydrogen-bond acceptors (Lipinski definition) is 15. The topological polar surface area (TPSA) is 237 Å². The number of phosphoric acid groups is 2. The van der Waals surface area contributed by atoms with Crippen molar-refractivity contribution in [3.8, 4) is 0 Å².